The van der Waals surface area contributed by atoms with Crippen LogP contribution in [-0.4, -0.2) is 22.5 Å². The van der Waals surface area contributed by atoms with Crippen LogP contribution in [0.1, 0.15) is 15.9 Å². The zero-order chi connectivity index (χ0) is 20.4. The molecule has 0 aliphatic rings. The molecule has 0 saturated carbocycles. The zero-order valence-corrected chi connectivity index (χ0v) is 17.1. The highest BCUT2D eigenvalue weighted by molar-refractivity contribution is 9.10. The number of carbonyl (C=O) groups is 1. The number of ether oxygens (including phenoxy) is 1. The van der Waals surface area contributed by atoms with Crippen LogP contribution in [0.2, 0.25) is 0 Å². The fourth-order valence-corrected chi connectivity index (χ4v) is 3.46. The minimum atomic E-state index is -0.368. The second kappa shape index (κ2) is 8.05. The molecule has 7 heteroatoms. The minimum absolute atomic E-state index is 0.323. The van der Waals surface area contributed by atoms with Gasteiger partial charge >= 0.3 is 5.97 Å². The third-order valence-corrected chi connectivity index (χ3v) is 5.19. The van der Waals surface area contributed by atoms with Gasteiger partial charge in [0.15, 0.2) is 5.65 Å². The van der Waals surface area contributed by atoms with Crippen molar-refractivity contribution in [2.75, 3.05) is 12.4 Å². The summed E-state index contributed by atoms with van der Waals surface area (Å²) in [5, 5.41) is 3.37. The van der Waals surface area contributed by atoms with Crippen LogP contribution >= 0.6 is 15.9 Å². The van der Waals surface area contributed by atoms with Gasteiger partial charge in [-0.05, 0) is 51.8 Å². The molecular formula is C22H17BrFN3O2. The van der Waals surface area contributed by atoms with Crippen LogP contribution in [-0.2, 0) is 11.3 Å². The SMILES string of the molecule is COC(=O)c1ccc(CNc2cc(-c3ccccc3F)nc3c(Br)ccn23)cc1. The third-order valence-electron chi connectivity index (χ3n) is 4.57. The number of anilines is 1. The number of nitrogens with zero attached hydrogens (tertiary/aromatic N) is 2. The largest absolute Gasteiger partial charge is 0.465 e. The molecule has 0 unspecified atom stereocenters. The van der Waals surface area contributed by atoms with E-state index >= 15 is 0 Å². The maximum absolute atomic E-state index is 14.3. The van der Waals surface area contributed by atoms with Gasteiger partial charge in [-0.25, -0.2) is 14.2 Å². The van der Waals surface area contributed by atoms with E-state index in [2.05, 4.69) is 26.2 Å². The van der Waals surface area contributed by atoms with Gasteiger partial charge in [0.25, 0.3) is 0 Å². The molecule has 0 spiro atoms. The summed E-state index contributed by atoms with van der Waals surface area (Å²) < 4.78 is 21.7. The lowest BCUT2D eigenvalue weighted by Gasteiger charge is -2.13. The van der Waals surface area contributed by atoms with Crippen molar-refractivity contribution in [1.29, 1.82) is 0 Å². The maximum Gasteiger partial charge on any atom is 0.337 e. The van der Waals surface area contributed by atoms with E-state index in [0.29, 0.717) is 29.0 Å². The predicted octanol–water partition coefficient (Wildman–Crippen LogP) is 5.30. The molecule has 4 rings (SSSR count). The lowest BCUT2D eigenvalue weighted by atomic mass is 10.1. The fourth-order valence-electron chi connectivity index (χ4n) is 3.06. The van der Waals surface area contributed by atoms with Gasteiger partial charge in [-0.2, -0.15) is 0 Å². The molecule has 1 N–H and O–H groups in total. The normalized spacial score (nSPS) is 10.9. The van der Waals surface area contributed by atoms with Gasteiger partial charge in [0, 0.05) is 24.4 Å². The summed E-state index contributed by atoms with van der Waals surface area (Å²) in [6, 6.07) is 17.5. The summed E-state index contributed by atoms with van der Waals surface area (Å²) in [5.74, 6) is 0.0828. The van der Waals surface area contributed by atoms with Crippen molar-refractivity contribution in [3.05, 3.63) is 88.3 Å². The van der Waals surface area contributed by atoms with E-state index in [1.165, 1.54) is 13.2 Å². The van der Waals surface area contributed by atoms with E-state index in [1.54, 1.807) is 30.3 Å². The molecule has 146 valence electrons. The van der Waals surface area contributed by atoms with Crippen LogP contribution < -0.4 is 5.32 Å². The van der Waals surface area contributed by atoms with Crippen LogP contribution in [0.3, 0.4) is 0 Å². The molecule has 4 aromatic rings. The summed E-state index contributed by atoms with van der Waals surface area (Å²) in [6.45, 7) is 0.521. The summed E-state index contributed by atoms with van der Waals surface area (Å²) in [7, 11) is 1.36. The van der Waals surface area contributed by atoms with E-state index in [-0.39, 0.29) is 11.8 Å². The van der Waals surface area contributed by atoms with Gasteiger partial charge in [0.2, 0.25) is 0 Å². The Labute approximate surface area is 175 Å². The Morgan fingerprint density at radius 2 is 1.93 bits per heavy atom. The van der Waals surface area contributed by atoms with Crippen molar-refractivity contribution >= 4 is 33.4 Å². The Morgan fingerprint density at radius 1 is 1.17 bits per heavy atom. The number of carbonyl (C=O) groups excluding carboxylic acids is 1. The smallest absolute Gasteiger partial charge is 0.337 e. The highest BCUT2D eigenvalue weighted by Gasteiger charge is 2.13. The Bertz CT molecular complexity index is 1190. The molecule has 0 atom stereocenters. The van der Waals surface area contributed by atoms with Crippen molar-refractivity contribution in [1.82, 2.24) is 9.38 Å². The third kappa shape index (κ3) is 3.86. The first-order valence-electron chi connectivity index (χ1n) is 8.90. The summed E-state index contributed by atoms with van der Waals surface area (Å²) >= 11 is 3.50. The summed E-state index contributed by atoms with van der Waals surface area (Å²) in [6.07, 6.45) is 1.89. The maximum atomic E-state index is 14.3. The molecule has 0 saturated heterocycles. The van der Waals surface area contributed by atoms with Crippen LogP contribution in [0.5, 0.6) is 0 Å². The number of esters is 1. The van der Waals surface area contributed by atoms with Crippen molar-refractivity contribution in [3.63, 3.8) is 0 Å². The number of halogens is 2. The van der Waals surface area contributed by atoms with Crippen LogP contribution in [0, 0.1) is 5.82 Å². The van der Waals surface area contributed by atoms with E-state index in [4.69, 9.17) is 4.74 Å². The Hall–Kier alpha value is -3.19. The van der Waals surface area contributed by atoms with Gasteiger partial charge < -0.3 is 10.1 Å². The first kappa shape index (κ1) is 19.1. The lowest BCUT2D eigenvalue weighted by molar-refractivity contribution is 0.0600. The molecule has 2 heterocycles. The van der Waals surface area contributed by atoms with E-state index in [9.17, 15) is 9.18 Å². The summed E-state index contributed by atoms with van der Waals surface area (Å²) in [5.41, 5.74) is 3.15. The zero-order valence-electron chi connectivity index (χ0n) is 15.5. The molecule has 0 bridgehead atoms. The Kier molecular flexibility index (Phi) is 5.31. The number of aromatic nitrogens is 2. The second-order valence-corrected chi connectivity index (χ2v) is 7.26. The van der Waals surface area contributed by atoms with Crippen LogP contribution in [0.15, 0.2) is 71.3 Å². The lowest BCUT2D eigenvalue weighted by Crippen LogP contribution is -2.06. The molecule has 0 aliphatic heterocycles. The average Bonchev–Trinajstić information content (AvgIpc) is 3.13. The fraction of sp³-hybridized carbons (Fsp3) is 0.0909. The van der Waals surface area contributed by atoms with Crippen LogP contribution in [0.4, 0.5) is 10.2 Å². The first-order valence-corrected chi connectivity index (χ1v) is 9.70. The monoisotopic (exact) mass is 453 g/mol. The predicted molar refractivity (Wildman–Crippen MR) is 113 cm³/mol. The van der Waals surface area contributed by atoms with Crippen molar-refractivity contribution in [2.45, 2.75) is 6.54 Å². The summed E-state index contributed by atoms with van der Waals surface area (Å²) in [4.78, 5) is 16.2. The quantitative estimate of drug-likeness (QED) is 0.416. The molecule has 0 fully saturated rings. The van der Waals surface area contributed by atoms with E-state index in [0.717, 1.165) is 15.9 Å². The minimum Gasteiger partial charge on any atom is -0.465 e. The molecule has 5 nitrogen and oxygen atoms in total. The highest BCUT2D eigenvalue weighted by atomic mass is 79.9. The van der Waals surface area contributed by atoms with Crippen LogP contribution in [0.25, 0.3) is 16.9 Å². The topological polar surface area (TPSA) is 55.6 Å². The molecule has 0 aliphatic carbocycles. The van der Waals surface area contributed by atoms with Gasteiger partial charge in [0.1, 0.15) is 11.6 Å². The number of benzene rings is 2. The van der Waals surface area contributed by atoms with Crippen molar-refractivity contribution in [3.8, 4) is 11.3 Å². The highest BCUT2D eigenvalue weighted by Crippen LogP contribution is 2.28. The van der Waals surface area contributed by atoms with E-state index < -0.39 is 0 Å². The number of fused-ring (bicyclic) bond motifs is 1. The van der Waals surface area contributed by atoms with Gasteiger partial charge in [-0.15, -0.1) is 0 Å². The molecule has 2 aromatic carbocycles. The number of nitrogens with one attached hydrogen (secondary N) is 1. The molecule has 2 aromatic heterocycles. The number of rotatable bonds is 5. The Balaban J connectivity index is 1.66. The van der Waals surface area contributed by atoms with Crippen molar-refractivity contribution in [2.24, 2.45) is 0 Å². The molecule has 0 radical (unpaired) electrons. The van der Waals surface area contributed by atoms with Crippen molar-refractivity contribution < 1.29 is 13.9 Å². The number of methoxy groups -OCH3 is 1. The van der Waals surface area contributed by atoms with Gasteiger partial charge in [-0.1, -0.05) is 24.3 Å². The molecule has 29 heavy (non-hydrogen) atoms. The number of hydrogen-bond donors (Lipinski definition) is 1. The number of hydrogen-bond acceptors (Lipinski definition) is 4. The molecule has 0 amide bonds. The second-order valence-electron chi connectivity index (χ2n) is 6.41. The van der Waals surface area contributed by atoms with Gasteiger partial charge in [0.05, 0.1) is 22.8 Å². The van der Waals surface area contributed by atoms with E-state index in [1.807, 2.05) is 34.9 Å². The van der Waals surface area contributed by atoms with Gasteiger partial charge in [-0.3, -0.25) is 4.40 Å². The standard InChI is InChI=1S/C22H17BrFN3O2/c1-29-22(28)15-8-6-14(7-9-15)13-25-20-12-19(16-4-2-3-5-18(16)24)26-21-17(23)10-11-27(20)21/h2-12,25H,13H2,1H3. The molecular weight excluding hydrogens is 437 g/mol. The average molecular weight is 454 g/mol. The first-order chi connectivity index (χ1) is 14.1. The Morgan fingerprint density at radius 3 is 2.66 bits per heavy atom.